The monoisotopic (exact) mass is 829 g/mol. The standard InChI is InChI=1S/C62H39NO2/c1-3-14-41(15-4-1)49-33-29-46(36-53(49)42-16-5-2-6-17-42)40-26-31-48(32-27-40)63(57-24-13-25-59-61(57)52-34-28-43-18-9-10-22-51(43)62(52)65-59)56-23-12-11-21-50(56)47-30-35-58-54(38-47)55-37-44-19-7-8-20-45(44)39-60(55)64-58/h1-39H. The molecule has 0 aliphatic rings. The van der Waals surface area contributed by atoms with Crippen LogP contribution in [0.15, 0.2) is 245 Å². The molecule has 0 saturated heterocycles. The van der Waals surface area contributed by atoms with E-state index in [-0.39, 0.29) is 0 Å². The highest BCUT2D eigenvalue weighted by Crippen LogP contribution is 2.48. The van der Waals surface area contributed by atoms with Crippen LogP contribution in [0.2, 0.25) is 0 Å². The molecular weight excluding hydrogens is 791 g/mol. The van der Waals surface area contributed by atoms with Crippen LogP contribution in [0.1, 0.15) is 0 Å². The van der Waals surface area contributed by atoms with Gasteiger partial charge in [0.05, 0.1) is 16.8 Å². The molecule has 2 heterocycles. The van der Waals surface area contributed by atoms with Crippen LogP contribution in [0.5, 0.6) is 0 Å². The van der Waals surface area contributed by atoms with E-state index in [0.29, 0.717) is 0 Å². The Morgan fingerprint density at radius 1 is 0.277 bits per heavy atom. The van der Waals surface area contributed by atoms with Gasteiger partial charge in [0, 0.05) is 32.8 Å². The minimum absolute atomic E-state index is 0.846. The number of hydrogen-bond acceptors (Lipinski definition) is 3. The number of fused-ring (bicyclic) bond motifs is 9. The summed E-state index contributed by atoms with van der Waals surface area (Å²) in [6.45, 7) is 0. The summed E-state index contributed by atoms with van der Waals surface area (Å²) in [5, 5.41) is 8.97. The number of hydrogen-bond donors (Lipinski definition) is 0. The van der Waals surface area contributed by atoms with E-state index in [1.807, 2.05) is 0 Å². The summed E-state index contributed by atoms with van der Waals surface area (Å²) in [6, 6.07) is 84.8. The lowest BCUT2D eigenvalue weighted by atomic mass is 9.91. The van der Waals surface area contributed by atoms with Gasteiger partial charge < -0.3 is 13.7 Å². The number of furan rings is 2. The van der Waals surface area contributed by atoms with Crippen molar-refractivity contribution in [3.05, 3.63) is 237 Å². The molecule has 3 heteroatoms. The van der Waals surface area contributed by atoms with E-state index in [2.05, 4.69) is 241 Å². The maximum atomic E-state index is 6.78. The van der Waals surface area contributed by atoms with Gasteiger partial charge in [0.15, 0.2) is 0 Å². The van der Waals surface area contributed by atoms with Crippen LogP contribution in [0.4, 0.5) is 17.1 Å². The fourth-order valence-corrected chi connectivity index (χ4v) is 9.92. The molecule has 304 valence electrons. The van der Waals surface area contributed by atoms with Crippen molar-refractivity contribution < 1.29 is 8.83 Å². The molecule has 0 radical (unpaired) electrons. The number of para-hydroxylation sites is 1. The summed E-state index contributed by atoms with van der Waals surface area (Å²) < 4.78 is 13.2. The fraction of sp³-hybridized carbons (Fsp3) is 0. The highest BCUT2D eigenvalue weighted by molar-refractivity contribution is 6.20. The third kappa shape index (κ3) is 6.20. The van der Waals surface area contributed by atoms with Crippen LogP contribution in [0.25, 0.3) is 110 Å². The molecule has 0 atom stereocenters. The molecule has 13 aromatic rings. The first-order valence-corrected chi connectivity index (χ1v) is 22.1. The average Bonchev–Trinajstić information content (AvgIpc) is 3.95. The van der Waals surface area contributed by atoms with Gasteiger partial charge in [-0.05, 0) is 122 Å². The van der Waals surface area contributed by atoms with Crippen molar-refractivity contribution in [2.75, 3.05) is 4.90 Å². The minimum atomic E-state index is 0.846. The highest BCUT2D eigenvalue weighted by atomic mass is 16.3. The van der Waals surface area contributed by atoms with Gasteiger partial charge in [-0.15, -0.1) is 0 Å². The first kappa shape index (κ1) is 36.9. The van der Waals surface area contributed by atoms with Crippen molar-refractivity contribution in [1.82, 2.24) is 0 Å². The normalized spacial score (nSPS) is 11.7. The Balaban J connectivity index is 0.998. The SMILES string of the molecule is c1ccc(-c2ccc(-c3ccc(N(c4ccccc4-c4ccc5oc6cc7ccccc7cc6c5c4)c4cccc5oc6c7ccccc7ccc6c45)cc3)cc2-c2ccccc2)cc1. The van der Waals surface area contributed by atoms with E-state index in [9.17, 15) is 0 Å². The van der Waals surface area contributed by atoms with Crippen molar-refractivity contribution >= 4 is 82.5 Å². The van der Waals surface area contributed by atoms with E-state index < -0.39 is 0 Å². The van der Waals surface area contributed by atoms with Crippen molar-refractivity contribution in [2.24, 2.45) is 0 Å². The van der Waals surface area contributed by atoms with Gasteiger partial charge in [-0.1, -0.05) is 170 Å². The van der Waals surface area contributed by atoms with Gasteiger partial charge in [-0.25, -0.2) is 0 Å². The molecule has 0 fully saturated rings. The number of benzene rings is 11. The average molecular weight is 830 g/mol. The Kier molecular flexibility index (Phi) is 8.53. The predicted molar refractivity (Wildman–Crippen MR) is 272 cm³/mol. The third-order valence-electron chi connectivity index (χ3n) is 13.0. The lowest BCUT2D eigenvalue weighted by molar-refractivity contribution is 0.669. The van der Waals surface area contributed by atoms with E-state index >= 15 is 0 Å². The highest BCUT2D eigenvalue weighted by Gasteiger charge is 2.23. The molecule has 0 bridgehead atoms. The van der Waals surface area contributed by atoms with Crippen molar-refractivity contribution in [2.45, 2.75) is 0 Å². The number of rotatable bonds is 7. The second-order valence-electron chi connectivity index (χ2n) is 16.8. The maximum Gasteiger partial charge on any atom is 0.143 e. The van der Waals surface area contributed by atoms with Crippen LogP contribution in [0, 0.1) is 0 Å². The lowest BCUT2D eigenvalue weighted by Gasteiger charge is -2.28. The van der Waals surface area contributed by atoms with Crippen molar-refractivity contribution in [3.8, 4) is 44.5 Å². The van der Waals surface area contributed by atoms with Crippen LogP contribution in [0.3, 0.4) is 0 Å². The van der Waals surface area contributed by atoms with Gasteiger partial charge in [0.1, 0.15) is 22.3 Å². The van der Waals surface area contributed by atoms with Crippen LogP contribution in [-0.2, 0) is 0 Å². The van der Waals surface area contributed by atoms with E-state index in [4.69, 9.17) is 8.83 Å². The Bertz CT molecular complexity index is 3940. The Morgan fingerprint density at radius 3 is 1.74 bits per heavy atom. The molecule has 0 saturated carbocycles. The molecule has 2 aromatic heterocycles. The molecule has 0 aliphatic carbocycles. The lowest BCUT2D eigenvalue weighted by Crippen LogP contribution is -2.11. The minimum Gasteiger partial charge on any atom is -0.456 e. The van der Waals surface area contributed by atoms with Crippen molar-refractivity contribution in [3.63, 3.8) is 0 Å². The van der Waals surface area contributed by atoms with Crippen molar-refractivity contribution in [1.29, 1.82) is 0 Å². The van der Waals surface area contributed by atoms with Crippen LogP contribution in [-0.4, -0.2) is 0 Å². The fourth-order valence-electron chi connectivity index (χ4n) is 9.92. The number of anilines is 3. The second-order valence-corrected chi connectivity index (χ2v) is 16.8. The molecule has 0 unspecified atom stereocenters. The smallest absolute Gasteiger partial charge is 0.143 e. The quantitative estimate of drug-likeness (QED) is 0.160. The number of nitrogens with zero attached hydrogens (tertiary/aromatic N) is 1. The summed E-state index contributed by atoms with van der Waals surface area (Å²) >= 11 is 0. The molecule has 0 spiro atoms. The molecule has 0 amide bonds. The molecule has 0 N–H and O–H groups in total. The zero-order chi connectivity index (χ0) is 42.8. The third-order valence-corrected chi connectivity index (χ3v) is 13.0. The maximum absolute atomic E-state index is 6.78. The Hall–Kier alpha value is -8.66. The van der Waals surface area contributed by atoms with Crippen LogP contribution >= 0.6 is 0 Å². The van der Waals surface area contributed by atoms with Crippen LogP contribution < -0.4 is 4.90 Å². The Morgan fingerprint density at radius 2 is 0.923 bits per heavy atom. The summed E-state index contributed by atoms with van der Waals surface area (Å²) in [5.74, 6) is 0. The summed E-state index contributed by atoms with van der Waals surface area (Å²) in [4.78, 5) is 2.41. The Labute approximate surface area is 375 Å². The molecule has 0 aliphatic heterocycles. The van der Waals surface area contributed by atoms with Gasteiger partial charge in [0.2, 0.25) is 0 Å². The summed E-state index contributed by atoms with van der Waals surface area (Å²) in [6.07, 6.45) is 0. The topological polar surface area (TPSA) is 29.5 Å². The summed E-state index contributed by atoms with van der Waals surface area (Å²) in [7, 11) is 0. The van der Waals surface area contributed by atoms with E-state index in [0.717, 1.165) is 94.0 Å². The van der Waals surface area contributed by atoms with Gasteiger partial charge >= 0.3 is 0 Å². The first-order chi connectivity index (χ1) is 32.2. The van der Waals surface area contributed by atoms with Gasteiger partial charge in [-0.3, -0.25) is 0 Å². The predicted octanol–water partition coefficient (Wildman–Crippen LogP) is 17.9. The first-order valence-electron chi connectivity index (χ1n) is 22.1. The largest absolute Gasteiger partial charge is 0.456 e. The molecule has 65 heavy (non-hydrogen) atoms. The molecule has 3 nitrogen and oxygen atoms in total. The zero-order valence-corrected chi connectivity index (χ0v) is 35.3. The molecule has 13 rings (SSSR count). The second kappa shape index (κ2) is 15.0. The molecular formula is C62H39NO2. The zero-order valence-electron chi connectivity index (χ0n) is 35.3. The van der Waals surface area contributed by atoms with Gasteiger partial charge in [-0.2, -0.15) is 0 Å². The van der Waals surface area contributed by atoms with Gasteiger partial charge in [0.25, 0.3) is 0 Å². The van der Waals surface area contributed by atoms with E-state index in [1.165, 1.54) is 33.0 Å². The molecule has 11 aromatic carbocycles. The summed E-state index contributed by atoms with van der Waals surface area (Å²) in [5.41, 5.74) is 15.9. The van der Waals surface area contributed by atoms with E-state index in [1.54, 1.807) is 0 Å².